The highest BCUT2D eigenvalue weighted by Crippen LogP contribution is 2.26. The zero-order chi connectivity index (χ0) is 12.6. The molecule has 0 spiro atoms. The minimum atomic E-state index is -1.61. The van der Waals surface area contributed by atoms with Crippen LogP contribution in [0.25, 0.3) is 0 Å². The van der Waals surface area contributed by atoms with Crippen molar-refractivity contribution in [3.63, 3.8) is 0 Å². The fraction of sp³-hybridized carbons (Fsp3) is 0.571. The molecule has 2 heterocycles. The molecule has 1 saturated heterocycles. The van der Waals surface area contributed by atoms with Crippen LogP contribution in [-0.4, -0.2) is 46.6 Å². The van der Waals surface area contributed by atoms with Crippen molar-refractivity contribution in [2.45, 2.75) is 31.2 Å². The lowest BCUT2D eigenvalue weighted by molar-refractivity contribution is -0.215. The van der Waals surface area contributed by atoms with E-state index in [1.165, 1.54) is 11.1 Å². The Hall–Kier alpha value is -0.940. The molecule has 1 fully saturated rings. The first kappa shape index (κ1) is 12.1. The van der Waals surface area contributed by atoms with Crippen LogP contribution >= 0.6 is 0 Å². The number of piperidine rings is 1. The smallest absolute Gasteiger partial charge is 0.191 e. The van der Waals surface area contributed by atoms with Gasteiger partial charge < -0.3 is 15.5 Å². The molecule has 4 heteroatoms. The van der Waals surface area contributed by atoms with Crippen molar-refractivity contribution in [3.8, 4) is 0 Å². The Balaban J connectivity index is 1.79. The summed E-state index contributed by atoms with van der Waals surface area (Å²) in [7, 11) is 0. The molecular formula is C14H20N2O2. The molecule has 1 aromatic rings. The Bertz CT molecular complexity index is 434. The summed E-state index contributed by atoms with van der Waals surface area (Å²) < 4.78 is 0. The van der Waals surface area contributed by atoms with Crippen molar-refractivity contribution in [2.75, 3.05) is 19.6 Å². The zero-order valence-electron chi connectivity index (χ0n) is 10.5. The average Bonchev–Trinajstić information content (AvgIpc) is 2.38. The van der Waals surface area contributed by atoms with E-state index in [1.807, 2.05) is 0 Å². The number of fused-ring (bicyclic) bond motifs is 1. The Morgan fingerprint density at radius 2 is 2.00 bits per heavy atom. The van der Waals surface area contributed by atoms with Gasteiger partial charge in [-0.2, -0.15) is 0 Å². The van der Waals surface area contributed by atoms with Gasteiger partial charge in [-0.1, -0.05) is 24.3 Å². The van der Waals surface area contributed by atoms with Gasteiger partial charge in [0.2, 0.25) is 0 Å². The van der Waals surface area contributed by atoms with Gasteiger partial charge in [-0.15, -0.1) is 0 Å². The van der Waals surface area contributed by atoms with Crippen molar-refractivity contribution >= 4 is 0 Å². The van der Waals surface area contributed by atoms with Gasteiger partial charge in [0, 0.05) is 13.1 Å². The average molecular weight is 248 g/mol. The number of benzene rings is 1. The van der Waals surface area contributed by atoms with Gasteiger partial charge in [0.25, 0.3) is 0 Å². The van der Waals surface area contributed by atoms with Gasteiger partial charge in [0.1, 0.15) is 0 Å². The minimum Gasteiger partial charge on any atom is -0.363 e. The normalized spacial score (nSPS) is 27.8. The van der Waals surface area contributed by atoms with E-state index in [9.17, 15) is 10.2 Å². The van der Waals surface area contributed by atoms with Crippen LogP contribution in [0.5, 0.6) is 0 Å². The SMILES string of the molecule is OC1(O)CNCCC1N1CCc2ccccc2C1. The molecule has 0 saturated carbocycles. The van der Waals surface area contributed by atoms with Crippen molar-refractivity contribution in [1.82, 2.24) is 10.2 Å². The predicted octanol–water partition coefficient (Wildman–Crippen LogP) is 0.0875. The highest BCUT2D eigenvalue weighted by molar-refractivity contribution is 5.29. The van der Waals surface area contributed by atoms with Gasteiger partial charge in [-0.05, 0) is 30.5 Å². The molecule has 1 atom stereocenters. The Morgan fingerprint density at radius 1 is 1.22 bits per heavy atom. The summed E-state index contributed by atoms with van der Waals surface area (Å²) in [4.78, 5) is 2.21. The second-order valence-electron chi connectivity index (χ2n) is 5.35. The van der Waals surface area contributed by atoms with Crippen molar-refractivity contribution in [3.05, 3.63) is 35.4 Å². The van der Waals surface area contributed by atoms with E-state index in [4.69, 9.17) is 0 Å². The minimum absolute atomic E-state index is 0.160. The Morgan fingerprint density at radius 3 is 2.78 bits per heavy atom. The third-order valence-electron chi connectivity index (χ3n) is 4.11. The first-order valence-corrected chi connectivity index (χ1v) is 6.63. The first-order valence-electron chi connectivity index (χ1n) is 6.63. The lowest BCUT2D eigenvalue weighted by Gasteiger charge is -2.44. The summed E-state index contributed by atoms with van der Waals surface area (Å²) in [6.07, 6.45) is 1.78. The van der Waals surface area contributed by atoms with E-state index in [-0.39, 0.29) is 12.6 Å². The fourth-order valence-corrected chi connectivity index (χ4v) is 3.12. The molecule has 0 amide bonds. The molecule has 0 aliphatic carbocycles. The van der Waals surface area contributed by atoms with E-state index in [1.54, 1.807) is 0 Å². The number of hydrogen-bond acceptors (Lipinski definition) is 4. The van der Waals surface area contributed by atoms with E-state index < -0.39 is 5.79 Å². The van der Waals surface area contributed by atoms with Crippen LogP contribution in [-0.2, 0) is 13.0 Å². The van der Waals surface area contributed by atoms with Gasteiger partial charge >= 0.3 is 0 Å². The molecule has 0 aromatic heterocycles. The predicted molar refractivity (Wildman–Crippen MR) is 69.0 cm³/mol. The second kappa shape index (κ2) is 4.63. The van der Waals surface area contributed by atoms with Gasteiger partial charge in [0.05, 0.1) is 12.6 Å². The lowest BCUT2D eigenvalue weighted by Crippen LogP contribution is -2.62. The molecular weight excluding hydrogens is 228 g/mol. The molecule has 3 rings (SSSR count). The summed E-state index contributed by atoms with van der Waals surface area (Å²) in [6.45, 7) is 2.84. The Labute approximate surface area is 107 Å². The van der Waals surface area contributed by atoms with Gasteiger partial charge in [0.15, 0.2) is 5.79 Å². The number of nitrogens with zero attached hydrogens (tertiary/aromatic N) is 1. The molecule has 2 aliphatic rings. The molecule has 3 N–H and O–H groups in total. The molecule has 18 heavy (non-hydrogen) atoms. The summed E-state index contributed by atoms with van der Waals surface area (Å²) in [5.41, 5.74) is 2.71. The molecule has 4 nitrogen and oxygen atoms in total. The second-order valence-corrected chi connectivity index (χ2v) is 5.35. The molecule has 98 valence electrons. The largest absolute Gasteiger partial charge is 0.363 e. The van der Waals surface area contributed by atoms with Crippen molar-refractivity contribution in [2.24, 2.45) is 0 Å². The van der Waals surface area contributed by atoms with Crippen LogP contribution in [0.15, 0.2) is 24.3 Å². The molecule has 0 radical (unpaired) electrons. The summed E-state index contributed by atoms with van der Waals surface area (Å²) in [6, 6.07) is 8.27. The van der Waals surface area contributed by atoms with Crippen LogP contribution in [0.2, 0.25) is 0 Å². The quantitative estimate of drug-likeness (QED) is 0.617. The number of rotatable bonds is 1. The maximum absolute atomic E-state index is 10.1. The molecule has 2 aliphatic heterocycles. The molecule has 0 bridgehead atoms. The van der Waals surface area contributed by atoms with E-state index in [0.29, 0.717) is 0 Å². The molecule has 1 aromatic carbocycles. The zero-order valence-corrected chi connectivity index (χ0v) is 10.5. The Kier molecular flexibility index (Phi) is 3.11. The highest BCUT2D eigenvalue weighted by atomic mass is 16.5. The summed E-state index contributed by atoms with van der Waals surface area (Å²) in [5, 5.41) is 23.2. The third kappa shape index (κ3) is 2.17. The number of aliphatic hydroxyl groups is 2. The van der Waals surface area contributed by atoms with E-state index >= 15 is 0 Å². The van der Waals surface area contributed by atoms with Crippen LogP contribution in [0, 0.1) is 0 Å². The summed E-state index contributed by atoms with van der Waals surface area (Å²) in [5.74, 6) is -1.61. The lowest BCUT2D eigenvalue weighted by atomic mass is 9.93. The topological polar surface area (TPSA) is 55.7 Å². The van der Waals surface area contributed by atoms with Gasteiger partial charge in [-0.25, -0.2) is 0 Å². The van der Waals surface area contributed by atoms with Crippen LogP contribution in [0.1, 0.15) is 17.5 Å². The monoisotopic (exact) mass is 248 g/mol. The standard InChI is InChI=1S/C14H20N2O2/c17-14(18)10-15-7-5-13(14)16-8-6-11-3-1-2-4-12(11)9-16/h1-4,13,15,17-18H,5-10H2. The molecule has 1 unspecified atom stereocenters. The van der Waals surface area contributed by atoms with E-state index in [0.717, 1.165) is 32.5 Å². The maximum Gasteiger partial charge on any atom is 0.191 e. The van der Waals surface area contributed by atoms with Crippen LogP contribution in [0.4, 0.5) is 0 Å². The maximum atomic E-state index is 10.1. The van der Waals surface area contributed by atoms with Crippen molar-refractivity contribution in [1.29, 1.82) is 0 Å². The van der Waals surface area contributed by atoms with Crippen molar-refractivity contribution < 1.29 is 10.2 Å². The number of nitrogens with one attached hydrogen (secondary N) is 1. The van der Waals surface area contributed by atoms with Crippen LogP contribution < -0.4 is 5.32 Å². The number of hydrogen-bond donors (Lipinski definition) is 3. The fourth-order valence-electron chi connectivity index (χ4n) is 3.12. The third-order valence-corrected chi connectivity index (χ3v) is 4.11. The van der Waals surface area contributed by atoms with E-state index in [2.05, 4.69) is 34.5 Å². The summed E-state index contributed by atoms with van der Waals surface area (Å²) >= 11 is 0. The van der Waals surface area contributed by atoms with Crippen LogP contribution in [0.3, 0.4) is 0 Å². The first-order chi connectivity index (χ1) is 8.67. The highest BCUT2D eigenvalue weighted by Gasteiger charge is 2.41. The van der Waals surface area contributed by atoms with Gasteiger partial charge in [-0.3, -0.25) is 4.90 Å². The number of β-amino-alcohol motifs (C(OH)–C–C–N with tert-alkyl or cyclic N) is 2.